The molecule has 1 aliphatic heterocycles. The van der Waals surface area contributed by atoms with Gasteiger partial charge in [0.2, 0.25) is 0 Å². The lowest BCUT2D eigenvalue weighted by molar-refractivity contribution is 0.0604. The van der Waals surface area contributed by atoms with Crippen LogP contribution in [0.5, 0.6) is 0 Å². The molecule has 2 heterocycles. The van der Waals surface area contributed by atoms with Gasteiger partial charge in [-0.05, 0) is 66.2 Å². The highest BCUT2D eigenvalue weighted by Crippen LogP contribution is 2.37. The molecule has 3 aromatic rings. The molecule has 4 rings (SSSR count). The van der Waals surface area contributed by atoms with Crippen molar-refractivity contribution < 1.29 is 5.11 Å². The monoisotopic (exact) mass is 351 g/mol. The van der Waals surface area contributed by atoms with Crippen molar-refractivity contribution in [2.45, 2.75) is 25.4 Å². The molecule has 0 spiro atoms. The summed E-state index contributed by atoms with van der Waals surface area (Å²) in [5.41, 5.74) is 2.54. The number of thiophene rings is 1. The summed E-state index contributed by atoms with van der Waals surface area (Å²) in [6.07, 6.45) is 2.95. The van der Waals surface area contributed by atoms with Crippen LogP contribution in [-0.4, -0.2) is 29.6 Å². The quantitative estimate of drug-likeness (QED) is 0.707. The molecular formula is C22H25NOS. The van der Waals surface area contributed by atoms with E-state index in [9.17, 15) is 5.11 Å². The maximum Gasteiger partial charge on any atom is 0.0833 e. The second kappa shape index (κ2) is 7.69. The SMILES string of the molecule is OC(c1csc2ccccc12)C1CCN(CCc2ccccc2)CC1. The third-order valence-corrected chi connectivity index (χ3v) is 6.45. The van der Waals surface area contributed by atoms with Crippen LogP contribution in [0.15, 0.2) is 60.0 Å². The summed E-state index contributed by atoms with van der Waals surface area (Å²) in [5, 5.41) is 14.3. The first kappa shape index (κ1) is 16.8. The second-order valence-electron chi connectivity index (χ2n) is 7.05. The minimum Gasteiger partial charge on any atom is -0.388 e. The summed E-state index contributed by atoms with van der Waals surface area (Å²) in [6, 6.07) is 19.1. The van der Waals surface area contributed by atoms with Crippen LogP contribution < -0.4 is 0 Å². The van der Waals surface area contributed by atoms with Gasteiger partial charge in [-0.25, -0.2) is 0 Å². The number of likely N-dealkylation sites (tertiary alicyclic amines) is 1. The Balaban J connectivity index is 1.34. The molecular weight excluding hydrogens is 326 g/mol. The van der Waals surface area contributed by atoms with Gasteiger partial charge in [0, 0.05) is 11.2 Å². The molecule has 3 heteroatoms. The molecule has 0 radical (unpaired) electrons. The smallest absolute Gasteiger partial charge is 0.0833 e. The van der Waals surface area contributed by atoms with Crippen molar-refractivity contribution in [1.82, 2.24) is 4.90 Å². The summed E-state index contributed by atoms with van der Waals surface area (Å²) in [5.74, 6) is 0.381. The molecule has 2 nitrogen and oxygen atoms in total. The number of aliphatic hydroxyl groups excluding tert-OH is 1. The Labute approximate surface area is 153 Å². The van der Waals surface area contributed by atoms with Crippen LogP contribution in [0.25, 0.3) is 10.1 Å². The standard InChI is InChI=1S/C22H25NOS/c24-22(20-16-25-21-9-5-4-8-19(20)21)18-11-14-23(15-12-18)13-10-17-6-2-1-3-7-17/h1-9,16,18,22,24H,10-15H2. The summed E-state index contributed by atoms with van der Waals surface area (Å²) in [7, 11) is 0. The lowest BCUT2D eigenvalue weighted by atomic mass is 9.87. The molecule has 1 atom stereocenters. The number of nitrogens with zero attached hydrogens (tertiary/aromatic N) is 1. The molecule has 1 saturated heterocycles. The van der Waals surface area contributed by atoms with E-state index in [1.54, 1.807) is 11.3 Å². The Morgan fingerprint density at radius 2 is 1.72 bits per heavy atom. The number of rotatable bonds is 5. The van der Waals surface area contributed by atoms with Gasteiger partial charge in [-0.15, -0.1) is 11.3 Å². The zero-order chi connectivity index (χ0) is 17.1. The van der Waals surface area contributed by atoms with Crippen molar-refractivity contribution in [3.8, 4) is 0 Å². The summed E-state index contributed by atoms with van der Waals surface area (Å²) >= 11 is 1.74. The summed E-state index contributed by atoms with van der Waals surface area (Å²) < 4.78 is 1.27. The molecule has 1 fully saturated rings. The lowest BCUT2D eigenvalue weighted by Crippen LogP contribution is -2.36. The van der Waals surface area contributed by atoms with Gasteiger partial charge >= 0.3 is 0 Å². The van der Waals surface area contributed by atoms with Crippen LogP contribution in [0.4, 0.5) is 0 Å². The van der Waals surface area contributed by atoms with Gasteiger partial charge in [0.05, 0.1) is 6.10 Å². The number of benzene rings is 2. The predicted molar refractivity (Wildman–Crippen MR) is 106 cm³/mol. The van der Waals surface area contributed by atoms with E-state index in [4.69, 9.17) is 0 Å². The van der Waals surface area contributed by atoms with Crippen LogP contribution in [0.2, 0.25) is 0 Å². The summed E-state index contributed by atoms with van der Waals surface area (Å²) in [6.45, 7) is 3.31. The average molecular weight is 352 g/mol. The molecule has 2 aromatic carbocycles. The van der Waals surface area contributed by atoms with Crippen molar-refractivity contribution in [2.24, 2.45) is 5.92 Å². The second-order valence-corrected chi connectivity index (χ2v) is 7.96. The fourth-order valence-corrected chi connectivity index (χ4v) is 4.90. The van der Waals surface area contributed by atoms with Gasteiger partial charge in [0.15, 0.2) is 0 Å². The van der Waals surface area contributed by atoms with E-state index in [0.717, 1.165) is 44.5 Å². The largest absolute Gasteiger partial charge is 0.388 e. The maximum atomic E-state index is 10.9. The predicted octanol–water partition coefficient (Wildman–Crippen LogP) is 4.89. The number of piperidine rings is 1. The first-order valence-corrected chi connectivity index (χ1v) is 10.1. The molecule has 1 N–H and O–H groups in total. The van der Waals surface area contributed by atoms with Crippen LogP contribution in [0.3, 0.4) is 0 Å². The minimum atomic E-state index is -0.326. The number of hydrogen-bond acceptors (Lipinski definition) is 3. The zero-order valence-corrected chi connectivity index (χ0v) is 15.3. The molecule has 0 aliphatic carbocycles. The molecule has 0 saturated carbocycles. The Morgan fingerprint density at radius 3 is 2.52 bits per heavy atom. The fourth-order valence-electron chi connectivity index (χ4n) is 3.91. The highest BCUT2D eigenvalue weighted by molar-refractivity contribution is 7.17. The topological polar surface area (TPSA) is 23.5 Å². The van der Waals surface area contributed by atoms with E-state index in [2.05, 4.69) is 64.9 Å². The van der Waals surface area contributed by atoms with E-state index >= 15 is 0 Å². The van der Waals surface area contributed by atoms with Crippen molar-refractivity contribution in [3.05, 3.63) is 71.1 Å². The number of fused-ring (bicyclic) bond motifs is 1. The molecule has 1 aliphatic rings. The van der Waals surface area contributed by atoms with E-state index < -0.39 is 0 Å². The van der Waals surface area contributed by atoms with E-state index in [1.807, 2.05) is 0 Å². The maximum absolute atomic E-state index is 10.9. The molecule has 1 aromatic heterocycles. The number of hydrogen-bond donors (Lipinski definition) is 1. The Hall–Kier alpha value is -1.68. The van der Waals surface area contributed by atoms with Crippen molar-refractivity contribution in [3.63, 3.8) is 0 Å². The molecule has 1 unspecified atom stereocenters. The Kier molecular flexibility index (Phi) is 5.16. The minimum absolute atomic E-state index is 0.326. The molecule has 25 heavy (non-hydrogen) atoms. The highest BCUT2D eigenvalue weighted by Gasteiger charge is 2.27. The van der Waals surface area contributed by atoms with Crippen LogP contribution >= 0.6 is 11.3 Å². The lowest BCUT2D eigenvalue weighted by Gasteiger charge is -2.34. The van der Waals surface area contributed by atoms with Gasteiger partial charge in [-0.3, -0.25) is 0 Å². The Bertz CT molecular complexity index is 805. The van der Waals surface area contributed by atoms with E-state index in [-0.39, 0.29) is 6.10 Å². The van der Waals surface area contributed by atoms with Crippen LogP contribution in [0.1, 0.15) is 30.1 Å². The van der Waals surface area contributed by atoms with Gasteiger partial charge < -0.3 is 10.0 Å². The fraction of sp³-hybridized carbons (Fsp3) is 0.364. The highest BCUT2D eigenvalue weighted by atomic mass is 32.1. The van der Waals surface area contributed by atoms with Crippen molar-refractivity contribution in [1.29, 1.82) is 0 Å². The molecule has 0 bridgehead atoms. The normalized spacial score (nSPS) is 17.8. The molecule has 0 amide bonds. The zero-order valence-electron chi connectivity index (χ0n) is 14.5. The van der Waals surface area contributed by atoms with Crippen LogP contribution in [0, 0.1) is 5.92 Å². The van der Waals surface area contributed by atoms with Crippen molar-refractivity contribution in [2.75, 3.05) is 19.6 Å². The average Bonchev–Trinajstić information content (AvgIpc) is 3.11. The van der Waals surface area contributed by atoms with E-state index in [1.165, 1.54) is 15.6 Å². The summed E-state index contributed by atoms with van der Waals surface area (Å²) in [4.78, 5) is 2.54. The van der Waals surface area contributed by atoms with Crippen molar-refractivity contribution >= 4 is 21.4 Å². The Morgan fingerprint density at radius 1 is 1.00 bits per heavy atom. The first-order chi connectivity index (χ1) is 12.3. The van der Waals surface area contributed by atoms with Gasteiger partial charge in [0.1, 0.15) is 0 Å². The van der Waals surface area contributed by atoms with Gasteiger partial charge in [-0.2, -0.15) is 0 Å². The van der Waals surface area contributed by atoms with Crippen LogP contribution in [-0.2, 0) is 6.42 Å². The van der Waals surface area contributed by atoms with Gasteiger partial charge in [-0.1, -0.05) is 48.5 Å². The van der Waals surface area contributed by atoms with E-state index in [0.29, 0.717) is 5.92 Å². The van der Waals surface area contributed by atoms with Gasteiger partial charge in [0.25, 0.3) is 0 Å². The third kappa shape index (κ3) is 3.79. The number of aliphatic hydroxyl groups is 1. The third-order valence-electron chi connectivity index (χ3n) is 5.47. The first-order valence-electron chi connectivity index (χ1n) is 9.22. The molecule has 130 valence electrons.